The van der Waals surface area contributed by atoms with Crippen molar-refractivity contribution in [2.45, 2.75) is 30.0 Å². The van der Waals surface area contributed by atoms with Gasteiger partial charge in [-0.25, -0.2) is 0 Å². The highest BCUT2D eigenvalue weighted by atomic mass is 35.5. The van der Waals surface area contributed by atoms with E-state index in [1.807, 2.05) is 37.3 Å². The summed E-state index contributed by atoms with van der Waals surface area (Å²) >= 11 is 7.39. The highest BCUT2D eigenvalue weighted by molar-refractivity contribution is 8.00. The number of thioether (sulfide) groups is 1. The molecule has 3 nitrogen and oxygen atoms in total. The SMILES string of the molecule is CC[C@H](Sc1ccc(Cl)cc1)C(=O)NCc1ccco1. The fourth-order valence-electron chi connectivity index (χ4n) is 1.70. The summed E-state index contributed by atoms with van der Waals surface area (Å²) in [5.74, 6) is 0.772. The van der Waals surface area contributed by atoms with Gasteiger partial charge >= 0.3 is 0 Å². The average Bonchev–Trinajstić information content (AvgIpc) is 2.97. The van der Waals surface area contributed by atoms with Crippen molar-refractivity contribution >= 4 is 29.3 Å². The van der Waals surface area contributed by atoms with Gasteiger partial charge in [0.15, 0.2) is 0 Å². The largest absolute Gasteiger partial charge is 0.467 e. The van der Waals surface area contributed by atoms with Crippen LogP contribution in [0.1, 0.15) is 19.1 Å². The summed E-state index contributed by atoms with van der Waals surface area (Å²) in [6.45, 7) is 2.42. The molecule has 1 heterocycles. The molecule has 0 radical (unpaired) electrons. The maximum absolute atomic E-state index is 12.1. The second-order valence-corrected chi connectivity index (χ2v) is 5.98. The smallest absolute Gasteiger partial charge is 0.233 e. The number of carbonyl (C=O) groups excluding carboxylic acids is 1. The Kier molecular flexibility index (Phi) is 5.56. The number of hydrogen-bond acceptors (Lipinski definition) is 3. The first kappa shape index (κ1) is 15.0. The lowest BCUT2D eigenvalue weighted by atomic mass is 10.3. The Morgan fingerprint density at radius 3 is 2.70 bits per heavy atom. The predicted molar refractivity (Wildman–Crippen MR) is 81.9 cm³/mol. The summed E-state index contributed by atoms with van der Waals surface area (Å²) in [7, 11) is 0. The van der Waals surface area contributed by atoms with Crippen LogP contribution in [0.5, 0.6) is 0 Å². The average molecular weight is 310 g/mol. The lowest BCUT2D eigenvalue weighted by Crippen LogP contribution is -2.31. The van der Waals surface area contributed by atoms with E-state index < -0.39 is 0 Å². The molecule has 0 aliphatic carbocycles. The van der Waals surface area contributed by atoms with Gasteiger partial charge in [0.2, 0.25) is 5.91 Å². The summed E-state index contributed by atoms with van der Waals surface area (Å²) < 4.78 is 5.19. The van der Waals surface area contributed by atoms with Gasteiger partial charge < -0.3 is 9.73 Å². The minimum absolute atomic E-state index is 0.0175. The highest BCUT2D eigenvalue weighted by Crippen LogP contribution is 2.26. The number of furan rings is 1. The van der Waals surface area contributed by atoms with E-state index in [-0.39, 0.29) is 11.2 Å². The van der Waals surface area contributed by atoms with Gasteiger partial charge in [0.05, 0.1) is 18.1 Å². The first-order valence-electron chi connectivity index (χ1n) is 6.41. The molecule has 0 fully saturated rings. The molecule has 1 aromatic heterocycles. The van der Waals surface area contributed by atoms with Crippen LogP contribution >= 0.6 is 23.4 Å². The van der Waals surface area contributed by atoms with E-state index in [2.05, 4.69) is 5.32 Å². The zero-order chi connectivity index (χ0) is 14.4. The number of benzene rings is 1. The molecule has 1 amide bonds. The van der Waals surface area contributed by atoms with E-state index >= 15 is 0 Å². The van der Waals surface area contributed by atoms with Gasteiger partial charge in [-0.3, -0.25) is 4.79 Å². The summed E-state index contributed by atoms with van der Waals surface area (Å²) in [5.41, 5.74) is 0. The van der Waals surface area contributed by atoms with Crippen molar-refractivity contribution in [1.29, 1.82) is 0 Å². The molecule has 0 aliphatic rings. The number of hydrogen-bond donors (Lipinski definition) is 1. The molecule has 0 bridgehead atoms. The molecule has 0 aliphatic heterocycles. The van der Waals surface area contributed by atoms with Crippen LogP contribution in [-0.4, -0.2) is 11.2 Å². The molecular formula is C15H16ClNO2S. The van der Waals surface area contributed by atoms with E-state index in [4.69, 9.17) is 16.0 Å². The Hall–Kier alpha value is -1.39. The lowest BCUT2D eigenvalue weighted by molar-refractivity contribution is -0.120. The first-order valence-corrected chi connectivity index (χ1v) is 7.67. The molecule has 106 valence electrons. The second kappa shape index (κ2) is 7.41. The number of nitrogens with one attached hydrogen (secondary N) is 1. The Labute approximate surface area is 127 Å². The third-order valence-electron chi connectivity index (χ3n) is 2.77. The molecular weight excluding hydrogens is 294 g/mol. The van der Waals surface area contributed by atoms with Crippen LogP contribution in [-0.2, 0) is 11.3 Å². The summed E-state index contributed by atoms with van der Waals surface area (Å²) in [5, 5.41) is 3.47. The Morgan fingerprint density at radius 1 is 1.35 bits per heavy atom. The third-order valence-corrected chi connectivity index (χ3v) is 4.40. The van der Waals surface area contributed by atoms with Crippen LogP contribution in [0.3, 0.4) is 0 Å². The van der Waals surface area contributed by atoms with E-state index in [1.54, 1.807) is 24.1 Å². The molecule has 1 aromatic carbocycles. The van der Waals surface area contributed by atoms with Crippen molar-refractivity contribution in [3.8, 4) is 0 Å². The van der Waals surface area contributed by atoms with Crippen LogP contribution < -0.4 is 5.32 Å². The highest BCUT2D eigenvalue weighted by Gasteiger charge is 2.17. The standard InChI is InChI=1S/C15H16ClNO2S/c1-2-14(20-13-7-5-11(16)6-8-13)15(18)17-10-12-4-3-9-19-12/h3-9,14H,2,10H2,1H3,(H,17,18)/t14-/m0/s1. The van der Waals surface area contributed by atoms with Crippen LogP contribution in [0, 0.1) is 0 Å². The maximum Gasteiger partial charge on any atom is 0.233 e. The number of halogens is 1. The molecule has 0 saturated heterocycles. The fourth-order valence-corrected chi connectivity index (χ4v) is 2.81. The maximum atomic E-state index is 12.1. The van der Waals surface area contributed by atoms with Crippen molar-refractivity contribution in [2.75, 3.05) is 0 Å². The number of rotatable bonds is 6. The lowest BCUT2D eigenvalue weighted by Gasteiger charge is -2.14. The van der Waals surface area contributed by atoms with E-state index in [9.17, 15) is 4.79 Å². The predicted octanol–water partition coefficient (Wildman–Crippen LogP) is 4.12. The van der Waals surface area contributed by atoms with Gasteiger partial charge in [-0.2, -0.15) is 0 Å². The summed E-state index contributed by atoms with van der Waals surface area (Å²) in [4.78, 5) is 13.2. The molecule has 0 saturated carbocycles. The van der Waals surface area contributed by atoms with Crippen molar-refractivity contribution in [3.05, 3.63) is 53.4 Å². The van der Waals surface area contributed by atoms with Gasteiger partial charge in [0, 0.05) is 9.92 Å². The van der Waals surface area contributed by atoms with Gasteiger partial charge in [-0.1, -0.05) is 18.5 Å². The van der Waals surface area contributed by atoms with Crippen molar-refractivity contribution < 1.29 is 9.21 Å². The monoisotopic (exact) mass is 309 g/mol. The van der Waals surface area contributed by atoms with Gasteiger partial charge in [-0.15, -0.1) is 11.8 Å². The zero-order valence-electron chi connectivity index (χ0n) is 11.1. The van der Waals surface area contributed by atoms with Crippen molar-refractivity contribution in [1.82, 2.24) is 5.32 Å². The minimum Gasteiger partial charge on any atom is -0.467 e. The topological polar surface area (TPSA) is 42.2 Å². The Morgan fingerprint density at radius 2 is 2.10 bits per heavy atom. The number of carbonyl (C=O) groups is 1. The van der Waals surface area contributed by atoms with E-state index in [1.165, 1.54) is 0 Å². The van der Waals surface area contributed by atoms with Gasteiger partial charge in [0.1, 0.15) is 5.76 Å². The van der Waals surface area contributed by atoms with Gasteiger partial charge in [0.25, 0.3) is 0 Å². The Bertz CT molecular complexity index is 540. The summed E-state index contributed by atoms with van der Waals surface area (Å²) in [6, 6.07) is 11.2. The minimum atomic E-state index is -0.119. The molecule has 0 unspecified atom stereocenters. The van der Waals surface area contributed by atoms with Crippen LogP contribution in [0.15, 0.2) is 52.0 Å². The van der Waals surface area contributed by atoms with Crippen molar-refractivity contribution in [3.63, 3.8) is 0 Å². The Balaban J connectivity index is 1.90. The molecule has 2 rings (SSSR count). The summed E-state index contributed by atoms with van der Waals surface area (Å²) in [6.07, 6.45) is 2.36. The van der Waals surface area contributed by atoms with Crippen LogP contribution in [0.2, 0.25) is 5.02 Å². The molecule has 5 heteroatoms. The molecule has 20 heavy (non-hydrogen) atoms. The van der Waals surface area contributed by atoms with E-state index in [0.717, 1.165) is 17.1 Å². The molecule has 1 N–H and O–H groups in total. The number of amides is 1. The van der Waals surface area contributed by atoms with E-state index in [0.29, 0.717) is 11.6 Å². The zero-order valence-corrected chi connectivity index (χ0v) is 12.7. The molecule has 2 aromatic rings. The third kappa shape index (κ3) is 4.32. The quantitative estimate of drug-likeness (QED) is 0.816. The second-order valence-electron chi connectivity index (χ2n) is 4.27. The van der Waals surface area contributed by atoms with Crippen LogP contribution in [0.4, 0.5) is 0 Å². The normalized spacial score (nSPS) is 12.1. The first-order chi connectivity index (χ1) is 9.69. The van der Waals surface area contributed by atoms with Crippen LogP contribution in [0.25, 0.3) is 0 Å². The van der Waals surface area contributed by atoms with Gasteiger partial charge in [-0.05, 0) is 42.8 Å². The molecule has 0 spiro atoms. The molecule has 1 atom stereocenters. The fraction of sp³-hybridized carbons (Fsp3) is 0.267. The van der Waals surface area contributed by atoms with Crippen molar-refractivity contribution in [2.24, 2.45) is 0 Å².